The number of rotatable bonds is 6. The van der Waals surface area contributed by atoms with E-state index in [4.69, 9.17) is 4.74 Å². The summed E-state index contributed by atoms with van der Waals surface area (Å²) in [7, 11) is 1.53. The van der Waals surface area contributed by atoms with Crippen LogP contribution in [-0.4, -0.2) is 36.9 Å². The smallest absolute Gasteiger partial charge is 0.315 e. The number of methoxy groups -OCH3 is 1. The van der Waals surface area contributed by atoms with Gasteiger partial charge in [0.1, 0.15) is 17.2 Å². The predicted octanol–water partition coefficient (Wildman–Crippen LogP) is 1.90. The van der Waals surface area contributed by atoms with Crippen molar-refractivity contribution in [2.24, 2.45) is 0 Å². The molecule has 0 aliphatic heterocycles. The van der Waals surface area contributed by atoms with Gasteiger partial charge >= 0.3 is 6.03 Å². The summed E-state index contributed by atoms with van der Waals surface area (Å²) in [5, 5.41) is 15.3. The first-order valence-electron chi connectivity index (χ1n) is 6.82. The fourth-order valence-electron chi connectivity index (χ4n) is 1.70. The highest BCUT2D eigenvalue weighted by atomic mass is 19.1. The molecule has 0 saturated heterocycles. The van der Waals surface area contributed by atoms with Gasteiger partial charge in [-0.25, -0.2) is 13.6 Å². The van der Waals surface area contributed by atoms with Crippen LogP contribution in [0.25, 0.3) is 0 Å². The minimum Gasteiger partial charge on any atom is -0.383 e. The lowest BCUT2D eigenvalue weighted by Gasteiger charge is -2.26. The SMILES string of the molecule is COC(C)(C)CNC(=O)NCC(C)(O)c1ccc(F)cc1F. The van der Waals surface area contributed by atoms with Crippen molar-refractivity contribution in [2.45, 2.75) is 32.0 Å². The molecule has 1 rings (SSSR count). The molecule has 0 aromatic heterocycles. The van der Waals surface area contributed by atoms with E-state index in [0.717, 1.165) is 12.1 Å². The molecule has 124 valence electrons. The van der Waals surface area contributed by atoms with Crippen molar-refractivity contribution in [1.82, 2.24) is 10.6 Å². The Balaban J connectivity index is 2.60. The van der Waals surface area contributed by atoms with E-state index in [-0.39, 0.29) is 18.7 Å². The number of benzene rings is 1. The predicted molar refractivity (Wildman–Crippen MR) is 78.4 cm³/mol. The zero-order valence-electron chi connectivity index (χ0n) is 13.2. The van der Waals surface area contributed by atoms with Gasteiger partial charge in [-0.15, -0.1) is 0 Å². The first-order chi connectivity index (χ1) is 10.1. The summed E-state index contributed by atoms with van der Waals surface area (Å²) in [6.07, 6.45) is 0. The fraction of sp³-hybridized carbons (Fsp3) is 0.533. The number of aliphatic hydroxyl groups is 1. The van der Waals surface area contributed by atoms with Crippen LogP contribution in [0.3, 0.4) is 0 Å². The summed E-state index contributed by atoms with van der Waals surface area (Å²) in [6, 6.07) is 2.37. The molecule has 0 bridgehead atoms. The van der Waals surface area contributed by atoms with E-state index in [0.29, 0.717) is 6.07 Å². The molecule has 1 unspecified atom stereocenters. The van der Waals surface area contributed by atoms with Crippen molar-refractivity contribution in [3.8, 4) is 0 Å². The van der Waals surface area contributed by atoms with E-state index in [1.165, 1.54) is 14.0 Å². The van der Waals surface area contributed by atoms with Crippen molar-refractivity contribution in [3.05, 3.63) is 35.4 Å². The molecule has 3 N–H and O–H groups in total. The summed E-state index contributed by atoms with van der Waals surface area (Å²) >= 11 is 0. The molecule has 0 radical (unpaired) electrons. The van der Waals surface area contributed by atoms with Gasteiger partial charge in [-0.3, -0.25) is 0 Å². The van der Waals surface area contributed by atoms with Crippen LogP contribution < -0.4 is 10.6 Å². The van der Waals surface area contributed by atoms with Crippen LogP contribution >= 0.6 is 0 Å². The highest BCUT2D eigenvalue weighted by Crippen LogP contribution is 2.23. The topological polar surface area (TPSA) is 70.6 Å². The van der Waals surface area contributed by atoms with Crippen molar-refractivity contribution in [1.29, 1.82) is 0 Å². The molecule has 0 heterocycles. The molecule has 0 spiro atoms. The Bertz CT molecular complexity index is 534. The Morgan fingerprint density at radius 1 is 1.23 bits per heavy atom. The molecule has 0 aliphatic rings. The normalized spacial score (nSPS) is 14.3. The fourth-order valence-corrected chi connectivity index (χ4v) is 1.70. The highest BCUT2D eigenvalue weighted by molar-refractivity contribution is 5.74. The number of hydrogen-bond donors (Lipinski definition) is 3. The second kappa shape index (κ2) is 7.02. The Morgan fingerprint density at radius 2 is 1.82 bits per heavy atom. The number of urea groups is 1. The largest absolute Gasteiger partial charge is 0.383 e. The van der Waals surface area contributed by atoms with Gasteiger partial charge in [0.2, 0.25) is 0 Å². The number of hydrogen-bond acceptors (Lipinski definition) is 3. The van der Waals surface area contributed by atoms with Gasteiger partial charge in [-0.05, 0) is 26.8 Å². The molecule has 2 amide bonds. The number of carbonyl (C=O) groups excluding carboxylic acids is 1. The standard InChI is InChI=1S/C15H22F2N2O3/c1-14(2,22-4)8-18-13(20)19-9-15(3,21)11-6-5-10(16)7-12(11)17/h5-7,21H,8-9H2,1-4H3,(H2,18,19,20). The molecule has 0 saturated carbocycles. The summed E-state index contributed by atoms with van der Waals surface area (Å²) in [6.45, 7) is 4.98. The van der Waals surface area contributed by atoms with Gasteiger partial charge in [-0.2, -0.15) is 0 Å². The second-order valence-corrected chi connectivity index (χ2v) is 5.90. The van der Waals surface area contributed by atoms with Crippen LogP contribution in [0.15, 0.2) is 18.2 Å². The molecule has 0 fully saturated rings. The maximum Gasteiger partial charge on any atom is 0.315 e. The van der Waals surface area contributed by atoms with E-state index < -0.39 is 28.9 Å². The lowest BCUT2D eigenvalue weighted by molar-refractivity contribution is 0.0248. The Morgan fingerprint density at radius 3 is 2.36 bits per heavy atom. The third kappa shape index (κ3) is 5.23. The zero-order chi connectivity index (χ0) is 17.0. The average Bonchev–Trinajstić information content (AvgIpc) is 2.42. The summed E-state index contributed by atoms with van der Waals surface area (Å²) in [5.41, 5.74) is -2.28. The Kier molecular flexibility index (Phi) is 5.85. The lowest BCUT2D eigenvalue weighted by Crippen LogP contribution is -2.47. The van der Waals surface area contributed by atoms with Gasteiger partial charge < -0.3 is 20.5 Å². The first-order valence-corrected chi connectivity index (χ1v) is 6.82. The molecule has 1 atom stereocenters. The average molecular weight is 316 g/mol. The van der Waals surface area contributed by atoms with Crippen molar-refractivity contribution < 1.29 is 23.4 Å². The molecule has 22 heavy (non-hydrogen) atoms. The van der Waals surface area contributed by atoms with Gasteiger partial charge in [0.15, 0.2) is 0 Å². The quantitative estimate of drug-likeness (QED) is 0.751. The number of halogens is 2. The third-order valence-electron chi connectivity index (χ3n) is 3.33. The molecule has 1 aromatic rings. The van der Waals surface area contributed by atoms with Gasteiger partial charge in [0.25, 0.3) is 0 Å². The molecule has 5 nitrogen and oxygen atoms in total. The summed E-state index contributed by atoms with van der Waals surface area (Å²) < 4.78 is 31.7. The number of amides is 2. The van der Waals surface area contributed by atoms with Crippen LogP contribution in [0, 0.1) is 11.6 Å². The molecular formula is C15H22F2N2O3. The van der Waals surface area contributed by atoms with E-state index in [2.05, 4.69) is 10.6 Å². The van der Waals surface area contributed by atoms with E-state index >= 15 is 0 Å². The van der Waals surface area contributed by atoms with Crippen LogP contribution in [-0.2, 0) is 10.3 Å². The van der Waals surface area contributed by atoms with Gasteiger partial charge in [0.05, 0.1) is 12.1 Å². The summed E-state index contributed by atoms with van der Waals surface area (Å²) in [4.78, 5) is 11.7. The summed E-state index contributed by atoms with van der Waals surface area (Å²) in [5.74, 6) is -1.60. The van der Waals surface area contributed by atoms with Crippen molar-refractivity contribution in [3.63, 3.8) is 0 Å². The van der Waals surface area contributed by atoms with Crippen LogP contribution in [0.5, 0.6) is 0 Å². The lowest BCUT2D eigenvalue weighted by atomic mass is 9.95. The molecule has 1 aromatic carbocycles. The first kappa shape index (κ1) is 18.3. The van der Waals surface area contributed by atoms with E-state index in [1.807, 2.05) is 0 Å². The second-order valence-electron chi connectivity index (χ2n) is 5.90. The maximum atomic E-state index is 13.7. The van der Waals surface area contributed by atoms with Crippen LogP contribution in [0.1, 0.15) is 26.3 Å². The van der Waals surface area contributed by atoms with E-state index in [1.54, 1.807) is 13.8 Å². The minimum absolute atomic E-state index is 0.0913. The third-order valence-corrected chi connectivity index (χ3v) is 3.33. The Hall–Kier alpha value is -1.73. The number of nitrogens with one attached hydrogen (secondary N) is 2. The molecule has 0 aliphatic carbocycles. The van der Waals surface area contributed by atoms with Crippen LogP contribution in [0.4, 0.5) is 13.6 Å². The van der Waals surface area contributed by atoms with E-state index in [9.17, 15) is 18.7 Å². The minimum atomic E-state index is -1.66. The Labute approximate surface area is 128 Å². The van der Waals surface area contributed by atoms with Gasteiger partial charge in [0, 0.05) is 25.3 Å². The van der Waals surface area contributed by atoms with Crippen molar-refractivity contribution in [2.75, 3.05) is 20.2 Å². The zero-order valence-corrected chi connectivity index (χ0v) is 13.2. The maximum absolute atomic E-state index is 13.7. The van der Waals surface area contributed by atoms with Crippen molar-refractivity contribution >= 4 is 6.03 Å². The van der Waals surface area contributed by atoms with Gasteiger partial charge in [-0.1, -0.05) is 6.07 Å². The monoisotopic (exact) mass is 316 g/mol. The number of carbonyl (C=O) groups is 1. The highest BCUT2D eigenvalue weighted by Gasteiger charge is 2.27. The number of ether oxygens (including phenoxy) is 1. The molecular weight excluding hydrogens is 294 g/mol. The van der Waals surface area contributed by atoms with Crippen LogP contribution in [0.2, 0.25) is 0 Å². The molecule has 7 heteroatoms.